The van der Waals surface area contributed by atoms with Crippen molar-refractivity contribution in [1.29, 1.82) is 0 Å². The summed E-state index contributed by atoms with van der Waals surface area (Å²) in [6.07, 6.45) is 0. The second-order valence-electron chi connectivity index (χ2n) is 3.14. The molecule has 0 atom stereocenters. The molecule has 0 aromatic heterocycles. The van der Waals surface area contributed by atoms with Gasteiger partial charge in [0.15, 0.2) is 6.61 Å². The predicted octanol–water partition coefficient (Wildman–Crippen LogP) is 0.0284. The zero-order chi connectivity index (χ0) is 14.6. The third-order valence-electron chi connectivity index (χ3n) is 1.78. The number of hydrogen-bond acceptors (Lipinski definition) is 6. The summed E-state index contributed by atoms with van der Waals surface area (Å²) in [5.74, 6) is -2.70. The molecule has 0 aliphatic rings. The van der Waals surface area contributed by atoms with Crippen molar-refractivity contribution in [2.75, 3.05) is 6.61 Å². The molecule has 2 N–H and O–H groups in total. The van der Waals surface area contributed by atoms with E-state index in [0.29, 0.717) is 12.1 Å². The number of non-ortho nitro benzene ring substituents is 1. The largest absolute Gasteiger partial charge is 0.479 e. The second-order valence-corrected chi connectivity index (χ2v) is 4.75. The molecule has 9 nitrogen and oxygen atoms in total. The highest BCUT2D eigenvalue weighted by atomic mass is 32.2. The molecule has 0 unspecified atom stereocenters. The smallest absolute Gasteiger partial charge is 0.331 e. The number of nitrogens with zero attached hydrogens (tertiary/aromatic N) is 1. The lowest BCUT2D eigenvalue weighted by atomic mass is 10.3. The van der Waals surface area contributed by atoms with E-state index in [1.165, 1.54) is 4.89 Å². The molecular weight excluding hydrogens is 287 g/mol. The van der Waals surface area contributed by atoms with E-state index in [0.717, 1.165) is 6.07 Å². The predicted molar refractivity (Wildman–Crippen MR) is 57.0 cm³/mol. The Bertz CT molecular complexity index is 616. The monoisotopic (exact) mass is 294 g/mol. The number of carboxylic acids is 1. The van der Waals surface area contributed by atoms with Crippen LogP contribution in [0.25, 0.3) is 0 Å². The third kappa shape index (κ3) is 3.94. The number of hydrogen-bond donors (Lipinski definition) is 2. The van der Waals surface area contributed by atoms with Crippen molar-refractivity contribution < 1.29 is 32.5 Å². The zero-order valence-electron chi connectivity index (χ0n) is 9.07. The minimum absolute atomic E-state index is 0.488. The summed E-state index contributed by atoms with van der Waals surface area (Å²) in [6, 6.07) is 1.87. The summed E-state index contributed by atoms with van der Waals surface area (Å²) in [4.78, 5) is 24.1. The lowest BCUT2D eigenvalue weighted by Crippen LogP contribution is -2.27. The molecule has 1 aromatic rings. The van der Waals surface area contributed by atoms with Gasteiger partial charge in [-0.25, -0.2) is 17.6 Å². The molecule has 19 heavy (non-hydrogen) atoms. The number of nitro groups is 1. The molecule has 0 aliphatic carbocycles. The molecular formula is C8H7FN2O7S. The Morgan fingerprint density at radius 2 is 2.16 bits per heavy atom. The van der Waals surface area contributed by atoms with Crippen molar-refractivity contribution in [3.05, 3.63) is 34.1 Å². The van der Waals surface area contributed by atoms with E-state index in [2.05, 4.69) is 4.84 Å². The molecule has 0 bridgehead atoms. The molecule has 0 saturated heterocycles. The Morgan fingerprint density at radius 3 is 2.68 bits per heavy atom. The van der Waals surface area contributed by atoms with Gasteiger partial charge >= 0.3 is 5.97 Å². The Labute approximate surface area is 105 Å². The van der Waals surface area contributed by atoms with Crippen LogP contribution in [0.4, 0.5) is 10.1 Å². The number of halogens is 1. The van der Waals surface area contributed by atoms with Gasteiger partial charge in [-0.3, -0.25) is 15.0 Å². The maximum atomic E-state index is 13.3. The van der Waals surface area contributed by atoms with Crippen molar-refractivity contribution >= 4 is 21.7 Å². The summed E-state index contributed by atoms with van der Waals surface area (Å²) < 4.78 is 36.3. The van der Waals surface area contributed by atoms with Crippen molar-refractivity contribution in [2.45, 2.75) is 4.90 Å². The van der Waals surface area contributed by atoms with Gasteiger partial charge in [0.05, 0.1) is 4.92 Å². The average molecular weight is 294 g/mol. The van der Waals surface area contributed by atoms with Crippen molar-refractivity contribution in [2.24, 2.45) is 0 Å². The number of nitro benzene ring substituents is 1. The van der Waals surface area contributed by atoms with E-state index in [1.54, 1.807) is 0 Å². The van der Waals surface area contributed by atoms with Crippen LogP contribution in [-0.2, 0) is 19.7 Å². The molecule has 0 saturated carbocycles. The van der Waals surface area contributed by atoms with E-state index in [9.17, 15) is 27.7 Å². The van der Waals surface area contributed by atoms with Gasteiger partial charge in [-0.2, -0.15) is 0 Å². The van der Waals surface area contributed by atoms with Crippen LogP contribution in [0.15, 0.2) is 23.1 Å². The summed E-state index contributed by atoms with van der Waals surface area (Å²) in [7, 11) is -4.56. The number of benzene rings is 1. The number of sulfonamides is 1. The molecule has 104 valence electrons. The molecule has 11 heteroatoms. The first-order chi connectivity index (χ1) is 8.74. The molecule has 0 amide bonds. The maximum absolute atomic E-state index is 13.3. The lowest BCUT2D eigenvalue weighted by molar-refractivity contribution is -0.385. The first kappa shape index (κ1) is 14.9. The van der Waals surface area contributed by atoms with Gasteiger partial charge in [-0.05, 0) is 6.07 Å². The Kier molecular flexibility index (Phi) is 4.47. The Balaban J connectivity index is 3.03. The summed E-state index contributed by atoms with van der Waals surface area (Å²) in [5.41, 5.74) is -0.639. The lowest BCUT2D eigenvalue weighted by Gasteiger charge is -2.06. The Hall–Kier alpha value is -2.11. The number of carbonyl (C=O) groups is 1. The van der Waals surface area contributed by atoms with Gasteiger partial charge in [-0.15, -0.1) is 0 Å². The van der Waals surface area contributed by atoms with E-state index in [1.807, 2.05) is 0 Å². The summed E-state index contributed by atoms with van der Waals surface area (Å²) in [6.45, 7) is -0.990. The number of carboxylic acid groups (broad SMARTS) is 1. The van der Waals surface area contributed by atoms with Crippen LogP contribution in [0.3, 0.4) is 0 Å². The number of rotatable bonds is 6. The van der Waals surface area contributed by atoms with Gasteiger partial charge < -0.3 is 5.11 Å². The van der Waals surface area contributed by atoms with Crippen molar-refractivity contribution in [1.82, 2.24) is 4.89 Å². The number of nitrogens with one attached hydrogen (secondary N) is 1. The Morgan fingerprint density at radius 1 is 1.53 bits per heavy atom. The van der Waals surface area contributed by atoms with Gasteiger partial charge in [0.2, 0.25) is 0 Å². The topological polar surface area (TPSA) is 136 Å². The minimum Gasteiger partial charge on any atom is -0.479 e. The molecule has 1 aromatic carbocycles. The average Bonchev–Trinajstić information content (AvgIpc) is 2.28. The van der Waals surface area contributed by atoms with Crippen LogP contribution in [-0.4, -0.2) is 31.0 Å². The highest BCUT2D eigenvalue weighted by Gasteiger charge is 2.23. The van der Waals surface area contributed by atoms with Crippen molar-refractivity contribution in [3.63, 3.8) is 0 Å². The first-order valence-electron chi connectivity index (χ1n) is 4.53. The van der Waals surface area contributed by atoms with Gasteiger partial charge in [-0.1, -0.05) is 4.89 Å². The fraction of sp³-hybridized carbons (Fsp3) is 0.125. The molecule has 0 fully saturated rings. The maximum Gasteiger partial charge on any atom is 0.331 e. The van der Waals surface area contributed by atoms with Crippen LogP contribution < -0.4 is 4.89 Å². The second kappa shape index (κ2) is 5.69. The van der Waals surface area contributed by atoms with Gasteiger partial charge in [0.1, 0.15) is 10.7 Å². The van der Waals surface area contributed by atoms with E-state index in [-0.39, 0.29) is 0 Å². The van der Waals surface area contributed by atoms with Crippen LogP contribution in [0, 0.1) is 15.9 Å². The van der Waals surface area contributed by atoms with E-state index < -0.39 is 43.9 Å². The van der Waals surface area contributed by atoms with Crippen LogP contribution in [0.2, 0.25) is 0 Å². The highest BCUT2D eigenvalue weighted by Crippen LogP contribution is 2.20. The molecule has 0 spiro atoms. The molecule has 1 rings (SSSR count). The van der Waals surface area contributed by atoms with E-state index in [4.69, 9.17) is 5.11 Å². The van der Waals surface area contributed by atoms with Crippen LogP contribution in [0.5, 0.6) is 0 Å². The molecule has 0 aliphatic heterocycles. The van der Waals surface area contributed by atoms with Crippen LogP contribution >= 0.6 is 0 Å². The summed E-state index contributed by atoms with van der Waals surface area (Å²) in [5, 5.41) is 18.7. The standard InChI is InChI=1S/C8H7FN2O7S/c9-6-2-1-5(11(14)15)3-7(6)19(16,17)10-18-4-8(12)13/h1-3,10H,4H2,(H,12,13). The first-order valence-corrected chi connectivity index (χ1v) is 6.01. The fourth-order valence-corrected chi connectivity index (χ4v) is 1.93. The highest BCUT2D eigenvalue weighted by molar-refractivity contribution is 7.89. The minimum atomic E-state index is -4.56. The van der Waals surface area contributed by atoms with Crippen molar-refractivity contribution in [3.8, 4) is 0 Å². The van der Waals surface area contributed by atoms with Crippen LogP contribution in [0.1, 0.15) is 0 Å². The van der Waals surface area contributed by atoms with E-state index >= 15 is 0 Å². The van der Waals surface area contributed by atoms with Gasteiger partial charge in [0.25, 0.3) is 15.7 Å². The fourth-order valence-electron chi connectivity index (χ4n) is 1.03. The van der Waals surface area contributed by atoms with Gasteiger partial charge in [0, 0.05) is 12.1 Å². The zero-order valence-corrected chi connectivity index (χ0v) is 9.89. The number of aliphatic carboxylic acids is 1. The quantitative estimate of drug-likeness (QED) is 0.557. The molecule has 0 heterocycles. The summed E-state index contributed by atoms with van der Waals surface area (Å²) >= 11 is 0. The molecule has 0 radical (unpaired) electrons. The third-order valence-corrected chi connectivity index (χ3v) is 3.01. The normalized spacial score (nSPS) is 11.2. The SMILES string of the molecule is O=C(O)CONS(=O)(=O)c1cc([N+](=O)[O-])ccc1F.